The third-order valence-electron chi connectivity index (χ3n) is 4.41. The first kappa shape index (κ1) is 11.6. The van der Waals surface area contributed by atoms with Gasteiger partial charge in [-0.25, -0.2) is 0 Å². The molecule has 0 spiro atoms. The molecular formula is C14H19NO3. The highest BCUT2D eigenvalue weighted by Crippen LogP contribution is 2.44. The van der Waals surface area contributed by atoms with Crippen LogP contribution in [0.15, 0.2) is 16.5 Å². The summed E-state index contributed by atoms with van der Waals surface area (Å²) in [5, 5.41) is 3.12. The van der Waals surface area contributed by atoms with Crippen LogP contribution in [0.4, 0.5) is 0 Å². The summed E-state index contributed by atoms with van der Waals surface area (Å²) < 4.78 is 10.2. The van der Waals surface area contributed by atoms with Crippen LogP contribution in [0.3, 0.4) is 0 Å². The maximum atomic E-state index is 12.1. The SMILES string of the molecule is COc1ccc(C(=O)NC2CCC3CCCC32)o1. The highest BCUT2D eigenvalue weighted by molar-refractivity contribution is 5.91. The standard InChI is InChI=1S/C14H19NO3/c1-17-13-8-7-12(18-13)14(16)15-11-6-5-9-3-2-4-10(9)11/h7-11H,2-6H2,1H3,(H,15,16). The minimum absolute atomic E-state index is 0.115. The summed E-state index contributed by atoms with van der Waals surface area (Å²) in [6.45, 7) is 0. The van der Waals surface area contributed by atoms with E-state index in [2.05, 4.69) is 5.32 Å². The second kappa shape index (κ2) is 4.67. The lowest BCUT2D eigenvalue weighted by Gasteiger charge is -2.19. The molecule has 2 saturated carbocycles. The summed E-state index contributed by atoms with van der Waals surface area (Å²) >= 11 is 0. The van der Waals surface area contributed by atoms with Crippen molar-refractivity contribution in [1.29, 1.82) is 0 Å². The minimum Gasteiger partial charge on any atom is -0.468 e. The molecule has 3 atom stereocenters. The zero-order chi connectivity index (χ0) is 12.5. The monoisotopic (exact) mass is 249 g/mol. The number of amides is 1. The van der Waals surface area contributed by atoms with E-state index in [9.17, 15) is 4.79 Å². The van der Waals surface area contributed by atoms with Gasteiger partial charge in [0.1, 0.15) is 0 Å². The average molecular weight is 249 g/mol. The van der Waals surface area contributed by atoms with Crippen molar-refractivity contribution in [2.45, 2.75) is 38.1 Å². The number of methoxy groups -OCH3 is 1. The van der Waals surface area contributed by atoms with E-state index in [1.165, 1.54) is 32.8 Å². The molecule has 3 rings (SSSR count). The third kappa shape index (κ3) is 2.00. The molecule has 0 radical (unpaired) electrons. The first-order valence-corrected chi connectivity index (χ1v) is 6.72. The van der Waals surface area contributed by atoms with E-state index in [-0.39, 0.29) is 5.91 Å². The lowest BCUT2D eigenvalue weighted by molar-refractivity contribution is 0.0892. The Bertz CT molecular complexity index is 440. The zero-order valence-corrected chi connectivity index (χ0v) is 10.6. The Hall–Kier alpha value is -1.45. The number of carbonyl (C=O) groups excluding carboxylic acids is 1. The number of nitrogens with one attached hydrogen (secondary N) is 1. The van der Waals surface area contributed by atoms with Crippen LogP contribution in [-0.2, 0) is 0 Å². The van der Waals surface area contributed by atoms with Crippen molar-refractivity contribution in [2.24, 2.45) is 11.8 Å². The van der Waals surface area contributed by atoms with Gasteiger partial charge in [-0.1, -0.05) is 12.8 Å². The van der Waals surface area contributed by atoms with Gasteiger partial charge < -0.3 is 14.5 Å². The Balaban J connectivity index is 1.64. The van der Waals surface area contributed by atoms with Crippen molar-refractivity contribution in [1.82, 2.24) is 5.32 Å². The summed E-state index contributed by atoms with van der Waals surface area (Å²) in [5.74, 6) is 2.13. The number of rotatable bonds is 3. The molecule has 1 aromatic heterocycles. The van der Waals surface area contributed by atoms with Crippen LogP contribution in [0, 0.1) is 11.8 Å². The molecule has 1 heterocycles. The first-order chi connectivity index (χ1) is 8.78. The largest absolute Gasteiger partial charge is 0.468 e. The molecule has 1 aromatic rings. The van der Waals surface area contributed by atoms with Crippen LogP contribution in [-0.4, -0.2) is 19.1 Å². The van der Waals surface area contributed by atoms with Crippen LogP contribution in [0.5, 0.6) is 5.95 Å². The first-order valence-electron chi connectivity index (χ1n) is 6.72. The van der Waals surface area contributed by atoms with E-state index in [0.29, 0.717) is 23.7 Å². The van der Waals surface area contributed by atoms with E-state index in [0.717, 1.165) is 12.3 Å². The molecule has 2 fully saturated rings. The molecule has 98 valence electrons. The second-order valence-corrected chi connectivity index (χ2v) is 5.33. The fourth-order valence-electron chi connectivity index (χ4n) is 3.53. The third-order valence-corrected chi connectivity index (χ3v) is 4.41. The molecule has 2 aliphatic rings. The van der Waals surface area contributed by atoms with Crippen molar-refractivity contribution in [3.8, 4) is 5.95 Å². The summed E-state index contributed by atoms with van der Waals surface area (Å²) in [7, 11) is 1.53. The van der Waals surface area contributed by atoms with Crippen molar-refractivity contribution in [2.75, 3.05) is 7.11 Å². The van der Waals surface area contributed by atoms with E-state index >= 15 is 0 Å². The average Bonchev–Trinajstić information content (AvgIpc) is 3.05. The quantitative estimate of drug-likeness (QED) is 0.895. The molecule has 1 amide bonds. The molecule has 18 heavy (non-hydrogen) atoms. The molecule has 0 aromatic carbocycles. The van der Waals surface area contributed by atoms with Gasteiger partial charge in [0.15, 0.2) is 5.76 Å². The maximum Gasteiger partial charge on any atom is 0.287 e. The summed E-state index contributed by atoms with van der Waals surface area (Å²) in [5.41, 5.74) is 0. The van der Waals surface area contributed by atoms with Crippen LogP contribution < -0.4 is 10.1 Å². The number of ether oxygens (including phenoxy) is 1. The predicted molar refractivity (Wildman–Crippen MR) is 66.6 cm³/mol. The number of hydrogen-bond acceptors (Lipinski definition) is 3. The van der Waals surface area contributed by atoms with Crippen LogP contribution in [0.2, 0.25) is 0 Å². The Kier molecular flexibility index (Phi) is 3.02. The normalized spacial score (nSPS) is 30.2. The Morgan fingerprint density at radius 2 is 2.22 bits per heavy atom. The fraction of sp³-hybridized carbons (Fsp3) is 0.643. The van der Waals surface area contributed by atoms with E-state index in [4.69, 9.17) is 9.15 Å². The van der Waals surface area contributed by atoms with Gasteiger partial charge in [-0.2, -0.15) is 0 Å². The molecule has 0 aliphatic heterocycles. The lowest BCUT2D eigenvalue weighted by atomic mass is 9.97. The lowest BCUT2D eigenvalue weighted by Crippen LogP contribution is -2.37. The van der Waals surface area contributed by atoms with Crippen molar-refractivity contribution in [3.63, 3.8) is 0 Å². The van der Waals surface area contributed by atoms with Crippen LogP contribution in [0.25, 0.3) is 0 Å². The smallest absolute Gasteiger partial charge is 0.287 e. The number of carbonyl (C=O) groups is 1. The molecular weight excluding hydrogens is 230 g/mol. The molecule has 0 bridgehead atoms. The maximum absolute atomic E-state index is 12.1. The minimum atomic E-state index is -0.115. The Morgan fingerprint density at radius 1 is 1.33 bits per heavy atom. The summed E-state index contributed by atoms with van der Waals surface area (Å²) in [4.78, 5) is 12.1. The van der Waals surface area contributed by atoms with Gasteiger partial charge in [0, 0.05) is 12.1 Å². The zero-order valence-electron chi connectivity index (χ0n) is 10.6. The van der Waals surface area contributed by atoms with Gasteiger partial charge in [-0.3, -0.25) is 4.79 Å². The van der Waals surface area contributed by atoms with E-state index < -0.39 is 0 Å². The highest BCUT2D eigenvalue weighted by atomic mass is 16.6. The molecule has 0 saturated heterocycles. The van der Waals surface area contributed by atoms with Gasteiger partial charge >= 0.3 is 0 Å². The van der Waals surface area contributed by atoms with Gasteiger partial charge in [-0.15, -0.1) is 0 Å². The van der Waals surface area contributed by atoms with Gasteiger partial charge in [0.2, 0.25) is 0 Å². The molecule has 2 aliphatic carbocycles. The predicted octanol–water partition coefficient (Wildman–Crippen LogP) is 2.60. The summed E-state index contributed by atoms with van der Waals surface area (Å²) in [6.07, 6.45) is 6.29. The van der Waals surface area contributed by atoms with Crippen molar-refractivity contribution >= 4 is 5.91 Å². The fourth-order valence-corrected chi connectivity index (χ4v) is 3.53. The van der Waals surface area contributed by atoms with Crippen LogP contribution >= 0.6 is 0 Å². The van der Waals surface area contributed by atoms with Crippen LogP contribution in [0.1, 0.15) is 42.7 Å². The molecule has 1 N–H and O–H groups in total. The van der Waals surface area contributed by atoms with Gasteiger partial charge in [0.05, 0.1) is 7.11 Å². The van der Waals surface area contributed by atoms with Crippen molar-refractivity contribution in [3.05, 3.63) is 17.9 Å². The topological polar surface area (TPSA) is 51.5 Å². The number of hydrogen-bond donors (Lipinski definition) is 1. The van der Waals surface area contributed by atoms with Gasteiger partial charge in [0.25, 0.3) is 11.9 Å². The van der Waals surface area contributed by atoms with Crippen molar-refractivity contribution < 1.29 is 13.9 Å². The highest BCUT2D eigenvalue weighted by Gasteiger charge is 2.39. The Morgan fingerprint density at radius 3 is 3.00 bits per heavy atom. The number of fused-ring (bicyclic) bond motifs is 1. The van der Waals surface area contributed by atoms with E-state index in [1.807, 2.05) is 0 Å². The second-order valence-electron chi connectivity index (χ2n) is 5.33. The Labute approximate surface area is 107 Å². The van der Waals surface area contributed by atoms with E-state index in [1.54, 1.807) is 12.1 Å². The number of furan rings is 1. The molecule has 4 heteroatoms. The molecule has 4 nitrogen and oxygen atoms in total. The summed E-state index contributed by atoms with van der Waals surface area (Å²) in [6, 6.07) is 3.66. The molecule has 3 unspecified atom stereocenters. The van der Waals surface area contributed by atoms with Gasteiger partial charge in [-0.05, 0) is 37.2 Å².